The average molecular weight is 254 g/mol. The Labute approximate surface area is 105 Å². The monoisotopic (exact) mass is 254 g/mol. The van der Waals surface area contributed by atoms with Crippen LogP contribution in [0.1, 0.15) is 12.0 Å². The topological polar surface area (TPSA) is 32.3 Å². The first-order chi connectivity index (χ1) is 8.60. The van der Waals surface area contributed by atoms with Gasteiger partial charge >= 0.3 is 0 Å². The number of benzene rings is 1. The second-order valence-corrected chi connectivity index (χ2v) is 4.57. The van der Waals surface area contributed by atoms with Crippen LogP contribution in [-0.4, -0.2) is 30.9 Å². The van der Waals surface area contributed by atoms with E-state index in [0.29, 0.717) is 18.7 Å². The van der Waals surface area contributed by atoms with Crippen molar-refractivity contribution in [2.45, 2.75) is 13.0 Å². The van der Waals surface area contributed by atoms with Crippen LogP contribution in [0.5, 0.6) is 0 Å². The molecule has 2 rings (SSSR count). The van der Waals surface area contributed by atoms with Crippen LogP contribution in [0.25, 0.3) is 0 Å². The number of carbonyl (C=O) groups excluding carboxylic acids is 1. The van der Waals surface area contributed by atoms with E-state index in [-0.39, 0.29) is 11.8 Å². The van der Waals surface area contributed by atoms with Gasteiger partial charge in [-0.05, 0) is 31.2 Å². The molecule has 1 aliphatic rings. The Balaban J connectivity index is 1.99. The molecule has 1 unspecified atom stereocenters. The minimum atomic E-state index is -0.437. The van der Waals surface area contributed by atoms with Crippen LogP contribution in [-0.2, 0) is 11.3 Å². The Hall–Kier alpha value is -1.49. The van der Waals surface area contributed by atoms with E-state index in [1.807, 2.05) is 4.90 Å². The lowest BCUT2D eigenvalue weighted by atomic mass is 10.1. The van der Waals surface area contributed by atoms with Gasteiger partial charge in [0.15, 0.2) is 0 Å². The third-order valence-corrected chi connectivity index (χ3v) is 3.29. The number of hydrogen-bond donors (Lipinski definition) is 1. The molecule has 1 fully saturated rings. The van der Waals surface area contributed by atoms with Crippen LogP contribution in [0.2, 0.25) is 0 Å². The molecule has 0 spiro atoms. The Bertz CT molecular complexity index is 451. The Kier molecular flexibility index (Phi) is 3.91. The minimum Gasteiger partial charge on any atom is -0.359 e. The van der Waals surface area contributed by atoms with Crippen molar-refractivity contribution in [2.24, 2.45) is 5.92 Å². The maximum Gasteiger partial charge on any atom is 0.224 e. The van der Waals surface area contributed by atoms with Crippen LogP contribution in [0.3, 0.4) is 0 Å². The van der Waals surface area contributed by atoms with Crippen molar-refractivity contribution in [1.29, 1.82) is 0 Å². The number of likely N-dealkylation sites (tertiary alicyclic amines) is 1. The molecule has 0 aromatic heterocycles. The summed E-state index contributed by atoms with van der Waals surface area (Å²) in [6.07, 6.45) is 0.761. The highest BCUT2D eigenvalue weighted by Gasteiger charge is 2.27. The first kappa shape index (κ1) is 13.0. The summed E-state index contributed by atoms with van der Waals surface area (Å²) in [5, 5.41) is 2.61. The fourth-order valence-corrected chi connectivity index (χ4v) is 2.30. The first-order valence-electron chi connectivity index (χ1n) is 5.98. The molecule has 0 saturated carbocycles. The molecule has 1 amide bonds. The smallest absolute Gasteiger partial charge is 0.224 e. The van der Waals surface area contributed by atoms with Gasteiger partial charge in [-0.2, -0.15) is 0 Å². The molecular weight excluding hydrogens is 238 g/mol. The maximum absolute atomic E-state index is 13.5. The van der Waals surface area contributed by atoms with Gasteiger partial charge in [-0.25, -0.2) is 8.78 Å². The molecule has 3 nitrogen and oxygen atoms in total. The van der Waals surface area contributed by atoms with Gasteiger partial charge in [-0.15, -0.1) is 0 Å². The summed E-state index contributed by atoms with van der Waals surface area (Å²) < 4.78 is 26.5. The van der Waals surface area contributed by atoms with Gasteiger partial charge in [0.05, 0.1) is 5.92 Å². The summed E-state index contributed by atoms with van der Waals surface area (Å²) in [6, 6.07) is 3.45. The van der Waals surface area contributed by atoms with Crippen molar-refractivity contribution in [1.82, 2.24) is 10.2 Å². The highest BCUT2D eigenvalue weighted by molar-refractivity contribution is 5.78. The van der Waals surface area contributed by atoms with Gasteiger partial charge in [-0.3, -0.25) is 9.69 Å². The zero-order valence-corrected chi connectivity index (χ0v) is 10.2. The van der Waals surface area contributed by atoms with Crippen LogP contribution >= 0.6 is 0 Å². The number of rotatable bonds is 3. The van der Waals surface area contributed by atoms with Gasteiger partial charge in [-0.1, -0.05) is 0 Å². The summed E-state index contributed by atoms with van der Waals surface area (Å²) in [5.74, 6) is -0.878. The molecule has 18 heavy (non-hydrogen) atoms. The minimum absolute atomic E-state index is 0.0113. The number of amides is 1. The van der Waals surface area contributed by atoms with Crippen molar-refractivity contribution in [3.8, 4) is 0 Å². The van der Waals surface area contributed by atoms with Crippen molar-refractivity contribution in [3.05, 3.63) is 35.4 Å². The van der Waals surface area contributed by atoms with Crippen molar-refractivity contribution >= 4 is 5.91 Å². The number of carbonyl (C=O) groups is 1. The Morgan fingerprint density at radius 2 is 2.28 bits per heavy atom. The molecule has 0 bridgehead atoms. The van der Waals surface area contributed by atoms with Gasteiger partial charge < -0.3 is 5.32 Å². The third kappa shape index (κ3) is 2.85. The van der Waals surface area contributed by atoms with Crippen LogP contribution in [0.4, 0.5) is 8.78 Å². The largest absolute Gasteiger partial charge is 0.359 e. The van der Waals surface area contributed by atoms with Gasteiger partial charge in [0, 0.05) is 25.7 Å². The molecule has 1 heterocycles. The lowest BCUT2D eigenvalue weighted by Gasteiger charge is -2.16. The Morgan fingerprint density at radius 3 is 3.00 bits per heavy atom. The van der Waals surface area contributed by atoms with Gasteiger partial charge in [0.1, 0.15) is 11.6 Å². The standard InChI is InChI=1S/C13H16F2N2O/c1-16-13(18)9-4-5-17(7-9)8-10-6-11(14)2-3-12(10)15/h2-3,6,9H,4-5,7-8H2,1H3,(H,16,18). The summed E-state index contributed by atoms with van der Waals surface area (Å²) in [5.41, 5.74) is 0.340. The maximum atomic E-state index is 13.5. The molecule has 0 radical (unpaired) electrons. The first-order valence-corrected chi connectivity index (χ1v) is 5.98. The Morgan fingerprint density at radius 1 is 1.50 bits per heavy atom. The fourth-order valence-electron chi connectivity index (χ4n) is 2.30. The van der Waals surface area contributed by atoms with Crippen molar-refractivity contribution in [2.75, 3.05) is 20.1 Å². The molecule has 1 aliphatic heterocycles. The average Bonchev–Trinajstić information content (AvgIpc) is 2.81. The number of nitrogens with one attached hydrogen (secondary N) is 1. The number of nitrogens with zero attached hydrogens (tertiary/aromatic N) is 1. The normalized spacial score (nSPS) is 20.1. The molecular formula is C13H16F2N2O. The number of halogens is 2. The highest BCUT2D eigenvalue weighted by atomic mass is 19.1. The second kappa shape index (κ2) is 5.44. The molecule has 1 aromatic rings. The van der Waals surface area contributed by atoms with E-state index in [4.69, 9.17) is 0 Å². The summed E-state index contributed by atoms with van der Waals surface area (Å²) in [4.78, 5) is 13.4. The summed E-state index contributed by atoms with van der Waals surface area (Å²) in [7, 11) is 1.61. The van der Waals surface area contributed by atoms with Crippen LogP contribution < -0.4 is 5.32 Å². The fraction of sp³-hybridized carbons (Fsp3) is 0.462. The lowest BCUT2D eigenvalue weighted by molar-refractivity contribution is -0.124. The molecule has 1 atom stereocenters. The quantitative estimate of drug-likeness (QED) is 0.887. The molecule has 0 aliphatic carbocycles. The van der Waals surface area contributed by atoms with Crippen LogP contribution in [0, 0.1) is 17.6 Å². The lowest BCUT2D eigenvalue weighted by Crippen LogP contribution is -2.30. The summed E-state index contributed by atoms with van der Waals surface area (Å²) in [6.45, 7) is 1.67. The van der Waals surface area contributed by atoms with E-state index in [9.17, 15) is 13.6 Å². The zero-order valence-electron chi connectivity index (χ0n) is 10.2. The van der Waals surface area contributed by atoms with Crippen LogP contribution in [0.15, 0.2) is 18.2 Å². The molecule has 1 aromatic carbocycles. The highest BCUT2D eigenvalue weighted by Crippen LogP contribution is 2.20. The predicted molar refractivity (Wildman–Crippen MR) is 63.8 cm³/mol. The SMILES string of the molecule is CNC(=O)C1CCN(Cc2cc(F)ccc2F)C1. The molecule has 1 saturated heterocycles. The van der Waals surface area contributed by atoms with Crippen molar-refractivity contribution < 1.29 is 13.6 Å². The number of hydrogen-bond acceptors (Lipinski definition) is 2. The summed E-state index contributed by atoms with van der Waals surface area (Å²) >= 11 is 0. The van der Waals surface area contributed by atoms with Gasteiger partial charge in [0.25, 0.3) is 0 Å². The predicted octanol–water partition coefficient (Wildman–Crippen LogP) is 1.53. The van der Waals surface area contributed by atoms with Crippen molar-refractivity contribution in [3.63, 3.8) is 0 Å². The van der Waals surface area contributed by atoms with E-state index >= 15 is 0 Å². The van der Waals surface area contributed by atoms with Gasteiger partial charge in [0.2, 0.25) is 5.91 Å². The zero-order chi connectivity index (χ0) is 13.1. The molecule has 98 valence electrons. The van der Waals surface area contributed by atoms with E-state index in [1.165, 1.54) is 6.07 Å². The second-order valence-electron chi connectivity index (χ2n) is 4.57. The molecule has 1 N–H and O–H groups in total. The molecule has 5 heteroatoms. The third-order valence-electron chi connectivity index (χ3n) is 3.29. The van der Waals surface area contributed by atoms with E-state index < -0.39 is 11.6 Å². The van der Waals surface area contributed by atoms with E-state index in [0.717, 1.165) is 25.1 Å². The van der Waals surface area contributed by atoms with E-state index in [1.54, 1.807) is 7.05 Å². The van der Waals surface area contributed by atoms with E-state index in [2.05, 4.69) is 5.32 Å².